The van der Waals surface area contributed by atoms with Crippen molar-refractivity contribution in [3.63, 3.8) is 0 Å². The van der Waals surface area contributed by atoms with Crippen LogP contribution in [0.4, 0.5) is 32.0 Å². The third-order valence-corrected chi connectivity index (χ3v) is 4.64. The van der Waals surface area contributed by atoms with E-state index in [0.29, 0.717) is 0 Å². The molecule has 0 fully saturated rings. The fourth-order valence-electron chi connectivity index (χ4n) is 2.80. The van der Waals surface area contributed by atoms with E-state index in [2.05, 4.69) is 10.6 Å². The van der Waals surface area contributed by atoms with Crippen LogP contribution < -0.4 is 10.6 Å². The standard InChI is InChI=1S/C22H22F6N2/c1-4-13(2)17(22(26,27)28)11-21(29-3)15-9-8-14(10-20(15)25)30-12-16-18(23)6-5-7-19(16)24/h5-11,29-30H,4,12H2,1-3H3/b17-13?,21-11-. The van der Waals surface area contributed by atoms with Crippen molar-refractivity contribution in [2.24, 2.45) is 0 Å². The van der Waals surface area contributed by atoms with E-state index in [4.69, 9.17) is 0 Å². The monoisotopic (exact) mass is 428 g/mol. The predicted octanol–water partition coefficient (Wildman–Crippen LogP) is 6.57. The molecule has 0 radical (unpaired) electrons. The van der Waals surface area contributed by atoms with Gasteiger partial charge in [0.1, 0.15) is 17.5 Å². The van der Waals surface area contributed by atoms with Gasteiger partial charge in [-0.15, -0.1) is 0 Å². The number of allylic oxidation sites excluding steroid dienone is 3. The van der Waals surface area contributed by atoms with Gasteiger partial charge in [-0.05, 0) is 49.8 Å². The lowest BCUT2D eigenvalue weighted by Gasteiger charge is -2.16. The Balaban J connectivity index is 2.32. The van der Waals surface area contributed by atoms with Gasteiger partial charge >= 0.3 is 6.18 Å². The van der Waals surface area contributed by atoms with Gasteiger partial charge in [0.25, 0.3) is 0 Å². The molecule has 0 aliphatic rings. The highest BCUT2D eigenvalue weighted by molar-refractivity contribution is 5.69. The molecule has 0 amide bonds. The van der Waals surface area contributed by atoms with Gasteiger partial charge in [0.15, 0.2) is 0 Å². The minimum Gasteiger partial charge on any atom is -0.388 e. The number of benzene rings is 2. The second-order valence-electron chi connectivity index (χ2n) is 6.60. The van der Waals surface area contributed by atoms with Crippen LogP contribution in [0.5, 0.6) is 0 Å². The van der Waals surface area contributed by atoms with Crippen molar-refractivity contribution >= 4 is 11.4 Å². The van der Waals surface area contributed by atoms with Crippen LogP contribution in [0.25, 0.3) is 5.70 Å². The van der Waals surface area contributed by atoms with Crippen LogP contribution in [-0.2, 0) is 6.54 Å². The summed E-state index contributed by atoms with van der Waals surface area (Å²) in [4.78, 5) is 0. The van der Waals surface area contributed by atoms with Crippen LogP contribution in [-0.4, -0.2) is 13.2 Å². The maximum atomic E-state index is 14.6. The first kappa shape index (κ1) is 23.4. The van der Waals surface area contributed by atoms with Gasteiger partial charge in [0.2, 0.25) is 0 Å². The predicted molar refractivity (Wildman–Crippen MR) is 106 cm³/mol. The fraction of sp³-hybridized carbons (Fsp3) is 0.273. The average molecular weight is 428 g/mol. The Labute approximate surface area is 171 Å². The molecule has 2 nitrogen and oxygen atoms in total. The molecule has 2 rings (SSSR count). The van der Waals surface area contributed by atoms with Gasteiger partial charge in [-0.1, -0.05) is 18.6 Å². The molecule has 0 saturated carbocycles. The second kappa shape index (κ2) is 9.73. The summed E-state index contributed by atoms with van der Waals surface area (Å²) in [6.45, 7) is 2.76. The Morgan fingerprint density at radius 1 is 1.00 bits per heavy atom. The maximum absolute atomic E-state index is 14.6. The quantitative estimate of drug-likeness (QED) is 0.385. The van der Waals surface area contributed by atoms with Gasteiger partial charge in [-0.25, -0.2) is 13.2 Å². The molecule has 2 aromatic rings. The van der Waals surface area contributed by atoms with E-state index in [1.54, 1.807) is 6.92 Å². The molecular formula is C22H22F6N2. The zero-order valence-electron chi connectivity index (χ0n) is 16.7. The first-order chi connectivity index (χ1) is 14.1. The highest BCUT2D eigenvalue weighted by Crippen LogP contribution is 2.33. The number of hydrogen-bond donors (Lipinski definition) is 2. The SMILES string of the molecule is CCC(C)=C(/C=C(\NC)c1ccc(NCc2c(F)cccc2F)cc1F)C(F)(F)F. The zero-order valence-corrected chi connectivity index (χ0v) is 16.7. The van der Waals surface area contributed by atoms with E-state index < -0.39 is 29.2 Å². The van der Waals surface area contributed by atoms with Crippen LogP contribution >= 0.6 is 0 Å². The van der Waals surface area contributed by atoms with Crippen LogP contribution in [0.15, 0.2) is 53.6 Å². The van der Waals surface area contributed by atoms with Crippen molar-refractivity contribution in [1.82, 2.24) is 5.32 Å². The number of rotatable bonds is 7. The van der Waals surface area contributed by atoms with Crippen molar-refractivity contribution in [3.8, 4) is 0 Å². The molecule has 30 heavy (non-hydrogen) atoms. The summed E-state index contributed by atoms with van der Waals surface area (Å²) in [7, 11) is 1.40. The molecule has 0 aliphatic heterocycles. The largest absolute Gasteiger partial charge is 0.416 e. The van der Waals surface area contributed by atoms with Gasteiger partial charge in [0.05, 0.1) is 5.57 Å². The smallest absolute Gasteiger partial charge is 0.388 e. The lowest BCUT2D eigenvalue weighted by Crippen LogP contribution is -2.15. The maximum Gasteiger partial charge on any atom is 0.416 e. The molecule has 8 heteroatoms. The Bertz CT molecular complexity index is 940. The summed E-state index contributed by atoms with van der Waals surface area (Å²) >= 11 is 0. The van der Waals surface area contributed by atoms with E-state index >= 15 is 0 Å². The van der Waals surface area contributed by atoms with Crippen molar-refractivity contribution in [2.45, 2.75) is 33.0 Å². The Morgan fingerprint density at radius 2 is 1.63 bits per heavy atom. The topological polar surface area (TPSA) is 24.1 Å². The molecule has 2 aromatic carbocycles. The summed E-state index contributed by atoms with van der Waals surface area (Å²) < 4.78 is 82.1. The number of alkyl halides is 3. The first-order valence-electron chi connectivity index (χ1n) is 9.21. The van der Waals surface area contributed by atoms with Gasteiger partial charge in [-0.3, -0.25) is 0 Å². The van der Waals surface area contributed by atoms with Crippen LogP contribution in [0.1, 0.15) is 31.4 Å². The summed E-state index contributed by atoms with van der Waals surface area (Å²) in [6, 6.07) is 7.23. The minimum atomic E-state index is -4.58. The number of nitrogens with one attached hydrogen (secondary N) is 2. The molecule has 0 atom stereocenters. The van der Waals surface area contributed by atoms with Crippen molar-refractivity contribution in [1.29, 1.82) is 0 Å². The summed E-state index contributed by atoms with van der Waals surface area (Å²) in [6.07, 6.45) is -3.51. The number of anilines is 1. The number of halogens is 6. The molecule has 0 aromatic heterocycles. The van der Waals surface area contributed by atoms with Crippen molar-refractivity contribution in [2.75, 3.05) is 12.4 Å². The Hall–Kier alpha value is -2.90. The average Bonchev–Trinajstić information content (AvgIpc) is 2.67. The summed E-state index contributed by atoms with van der Waals surface area (Å²) in [5, 5.41) is 5.31. The first-order valence-corrected chi connectivity index (χ1v) is 9.21. The third-order valence-electron chi connectivity index (χ3n) is 4.64. The molecule has 0 heterocycles. The summed E-state index contributed by atoms with van der Waals surface area (Å²) in [5.41, 5.74) is -0.796. The van der Waals surface area contributed by atoms with Crippen molar-refractivity contribution < 1.29 is 26.3 Å². The molecule has 0 aliphatic carbocycles. The second-order valence-corrected chi connectivity index (χ2v) is 6.60. The summed E-state index contributed by atoms with van der Waals surface area (Å²) in [5.74, 6) is -2.26. The molecule has 162 valence electrons. The van der Waals surface area contributed by atoms with Crippen LogP contribution in [0.2, 0.25) is 0 Å². The molecule has 2 N–H and O–H groups in total. The van der Waals surface area contributed by atoms with E-state index in [0.717, 1.165) is 24.3 Å². The highest BCUT2D eigenvalue weighted by atomic mass is 19.4. The van der Waals surface area contributed by atoms with Gasteiger partial charge in [0, 0.05) is 36.1 Å². The van der Waals surface area contributed by atoms with E-state index in [1.165, 1.54) is 32.2 Å². The van der Waals surface area contributed by atoms with E-state index in [9.17, 15) is 26.3 Å². The van der Waals surface area contributed by atoms with E-state index in [1.807, 2.05) is 0 Å². The van der Waals surface area contributed by atoms with Crippen molar-refractivity contribution in [3.05, 3.63) is 82.2 Å². The normalized spacial score (nSPS) is 13.2. The lowest BCUT2D eigenvalue weighted by atomic mass is 10.0. The Morgan fingerprint density at radius 3 is 2.13 bits per heavy atom. The van der Waals surface area contributed by atoms with Crippen LogP contribution in [0, 0.1) is 17.5 Å². The van der Waals surface area contributed by atoms with Crippen LogP contribution in [0.3, 0.4) is 0 Å². The fourth-order valence-corrected chi connectivity index (χ4v) is 2.80. The molecular weight excluding hydrogens is 406 g/mol. The third kappa shape index (κ3) is 5.58. The molecule has 0 saturated heterocycles. The zero-order chi connectivity index (χ0) is 22.5. The minimum absolute atomic E-state index is 0.0423. The number of hydrogen-bond acceptors (Lipinski definition) is 2. The Kier molecular flexibility index (Phi) is 7.59. The molecule has 0 bridgehead atoms. The molecule has 0 unspecified atom stereocenters. The highest BCUT2D eigenvalue weighted by Gasteiger charge is 2.34. The van der Waals surface area contributed by atoms with E-state index in [-0.39, 0.29) is 41.1 Å². The van der Waals surface area contributed by atoms with Gasteiger partial charge in [-0.2, -0.15) is 13.2 Å². The molecule has 0 spiro atoms. The lowest BCUT2D eigenvalue weighted by molar-refractivity contribution is -0.0890. The van der Waals surface area contributed by atoms with Gasteiger partial charge < -0.3 is 10.6 Å².